The number of hydrazine groups is 1. The lowest BCUT2D eigenvalue weighted by molar-refractivity contribution is -0.121. The number of thiocarbonyl (C=S) groups is 1. The molecule has 0 unspecified atom stereocenters. The van der Waals surface area contributed by atoms with Gasteiger partial charge in [-0.3, -0.25) is 20.3 Å². The van der Waals surface area contributed by atoms with E-state index in [9.17, 15) is 4.79 Å². The van der Waals surface area contributed by atoms with Gasteiger partial charge in [0, 0.05) is 18.7 Å². The molecule has 0 spiro atoms. The molecule has 1 aromatic carbocycles. The number of hydrogen-bond acceptors (Lipinski definition) is 3. The molecule has 0 aliphatic rings. The monoisotopic (exact) mass is 409 g/mol. The quantitative estimate of drug-likeness (QED) is 0.522. The second kappa shape index (κ2) is 8.79. The van der Waals surface area contributed by atoms with Gasteiger partial charge in [-0.2, -0.15) is 5.10 Å². The molecule has 2 aromatic rings. The lowest BCUT2D eigenvalue weighted by atomic mass is 10.2. The molecule has 24 heavy (non-hydrogen) atoms. The van der Waals surface area contributed by atoms with Crippen LogP contribution in [0.25, 0.3) is 0 Å². The van der Waals surface area contributed by atoms with Gasteiger partial charge in [-0.15, -0.1) is 0 Å². The Labute approximate surface area is 155 Å². The summed E-state index contributed by atoms with van der Waals surface area (Å²) in [7, 11) is 0. The Morgan fingerprint density at radius 3 is 2.58 bits per heavy atom. The number of benzene rings is 1. The Kier molecular flexibility index (Phi) is 6.74. The van der Waals surface area contributed by atoms with Gasteiger partial charge < -0.3 is 5.32 Å². The van der Waals surface area contributed by atoms with Crippen LogP contribution in [-0.4, -0.2) is 20.8 Å². The van der Waals surface area contributed by atoms with E-state index < -0.39 is 0 Å². The van der Waals surface area contributed by atoms with E-state index in [1.807, 2.05) is 48.9 Å². The molecule has 0 saturated carbocycles. The highest BCUT2D eigenvalue weighted by molar-refractivity contribution is 9.10. The van der Waals surface area contributed by atoms with Crippen molar-refractivity contribution < 1.29 is 4.79 Å². The van der Waals surface area contributed by atoms with E-state index in [4.69, 9.17) is 12.2 Å². The fraction of sp³-hybridized carbons (Fsp3) is 0.312. The molecule has 0 saturated heterocycles. The first-order valence-corrected chi connectivity index (χ1v) is 8.73. The number of carbonyl (C=O) groups excluding carboxylic acids is 1. The van der Waals surface area contributed by atoms with E-state index in [1.54, 1.807) is 0 Å². The summed E-state index contributed by atoms with van der Waals surface area (Å²) in [6.07, 6.45) is 0.308. The van der Waals surface area contributed by atoms with Crippen LogP contribution in [0.3, 0.4) is 0 Å². The molecule has 0 aliphatic heterocycles. The zero-order chi connectivity index (χ0) is 17.5. The first kappa shape index (κ1) is 18.4. The molecule has 6 nitrogen and oxygen atoms in total. The molecular formula is C16H20BrN5OS. The van der Waals surface area contributed by atoms with Gasteiger partial charge in [-0.25, -0.2) is 0 Å². The van der Waals surface area contributed by atoms with Crippen LogP contribution >= 0.6 is 28.1 Å². The molecule has 0 aliphatic carbocycles. The molecule has 3 N–H and O–H groups in total. The summed E-state index contributed by atoms with van der Waals surface area (Å²) in [5, 5.41) is 7.78. The van der Waals surface area contributed by atoms with E-state index in [1.165, 1.54) is 0 Å². The Hall–Kier alpha value is -1.93. The van der Waals surface area contributed by atoms with Crippen LogP contribution in [0, 0.1) is 13.8 Å². The van der Waals surface area contributed by atoms with Gasteiger partial charge >= 0.3 is 0 Å². The molecule has 0 radical (unpaired) electrons. The van der Waals surface area contributed by atoms with Crippen LogP contribution < -0.4 is 16.2 Å². The van der Waals surface area contributed by atoms with Gasteiger partial charge in [-0.05, 0) is 47.6 Å². The maximum Gasteiger partial charge on any atom is 0.240 e. The van der Waals surface area contributed by atoms with E-state index >= 15 is 0 Å². The first-order valence-electron chi connectivity index (χ1n) is 7.53. The summed E-state index contributed by atoms with van der Waals surface area (Å²) < 4.78 is 2.79. The van der Waals surface area contributed by atoms with E-state index in [-0.39, 0.29) is 5.91 Å². The van der Waals surface area contributed by atoms with Gasteiger partial charge in [0.25, 0.3) is 0 Å². The van der Waals surface area contributed by atoms with Crippen LogP contribution in [-0.2, 0) is 17.9 Å². The maximum absolute atomic E-state index is 11.9. The molecule has 8 heteroatoms. The van der Waals surface area contributed by atoms with Crippen molar-refractivity contribution in [2.24, 2.45) is 0 Å². The fourth-order valence-electron chi connectivity index (χ4n) is 2.11. The molecule has 0 bridgehead atoms. The van der Waals surface area contributed by atoms with Gasteiger partial charge in [0.05, 0.1) is 16.7 Å². The molecule has 1 amide bonds. The average Bonchev–Trinajstić information content (AvgIpc) is 2.84. The van der Waals surface area contributed by atoms with Crippen LogP contribution in [0.5, 0.6) is 0 Å². The largest absolute Gasteiger partial charge is 0.357 e. The first-order chi connectivity index (χ1) is 11.5. The van der Waals surface area contributed by atoms with Crippen molar-refractivity contribution in [1.82, 2.24) is 25.9 Å². The second-order valence-corrected chi connectivity index (χ2v) is 6.50. The lowest BCUT2D eigenvalue weighted by Crippen LogP contribution is -2.46. The number of aryl methyl sites for hydroxylation is 2. The third kappa shape index (κ3) is 5.31. The summed E-state index contributed by atoms with van der Waals surface area (Å²) in [6.45, 7) is 4.99. The third-order valence-corrected chi connectivity index (χ3v) is 4.85. The van der Waals surface area contributed by atoms with Crippen molar-refractivity contribution in [3.8, 4) is 0 Å². The van der Waals surface area contributed by atoms with Gasteiger partial charge in [0.1, 0.15) is 0 Å². The van der Waals surface area contributed by atoms with Crippen molar-refractivity contribution in [1.29, 1.82) is 0 Å². The zero-order valence-corrected chi connectivity index (χ0v) is 16.0. The van der Waals surface area contributed by atoms with E-state index in [0.29, 0.717) is 24.6 Å². The van der Waals surface area contributed by atoms with Crippen LogP contribution in [0.2, 0.25) is 0 Å². The van der Waals surface area contributed by atoms with E-state index in [2.05, 4.69) is 37.2 Å². The summed E-state index contributed by atoms with van der Waals surface area (Å²) >= 11 is 8.60. The third-order valence-electron chi connectivity index (χ3n) is 3.46. The number of hydrogen-bond donors (Lipinski definition) is 3. The summed E-state index contributed by atoms with van der Waals surface area (Å²) in [5.41, 5.74) is 8.32. The van der Waals surface area contributed by atoms with Crippen molar-refractivity contribution in [3.63, 3.8) is 0 Å². The minimum atomic E-state index is -0.150. The van der Waals surface area contributed by atoms with Crippen LogP contribution in [0.4, 0.5) is 0 Å². The highest BCUT2D eigenvalue weighted by Gasteiger charge is 2.10. The highest BCUT2D eigenvalue weighted by atomic mass is 79.9. The minimum absolute atomic E-state index is 0.150. The normalized spacial score (nSPS) is 10.3. The minimum Gasteiger partial charge on any atom is -0.357 e. The Bertz CT molecular complexity index is 717. The number of carbonyl (C=O) groups is 1. The Morgan fingerprint density at radius 2 is 1.96 bits per heavy atom. The Morgan fingerprint density at radius 1 is 1.25 bits per heavy atom. The number of amides is 1. The van der Waals surface area contributed by atoms with Crippen LogP contribution in [0.1, 0.15) is 23.4 Å². The smallest absolute Gasteiger partial charge is 0.240 e. The molecule has 0 atom stereocenters. The van der Waals surface area contributed by atoms with Gasteiger partial charge in [-0.1, -0.05) is 30.3 Å². The van der Waals surface area contributed by atoms with Gasteiger partial charge in [0.2, 0.25) is 5.91 Å². The predicted molar refractivity (Wildman–Crippen MR) is 101 cm³/mol. The molecule has 1 aromatic heterocycles. The number of rotatable bonds is 5. The SMILES string of the molecule is Cc1nn(CCC(=O)NNC(=S)NCc2ccccc2)c(C)c1Br. The number of nitrogens with zero attached hydrogens (tertiary/aromatic N) is 2. The molecule has 0 fully saturated rings. The van der Waals surface area contributed by atoms with Gasteiger partial charge in [0.15, 0.2) is 5.11 Å². The van der Waals surface area contributed by atoms with Crippen molar-refractivity contribution in [3.05, 3.63) is 51.8 Å². The van der Waals surface area contributed by atoms with E-state index in [0.717, 1.165) is 21.4 Å². The number of aromatic nitrogens is 2. The van der Waals surface area contributed by atoms with Crippen molar-refractivity contribution >= 4 is 39.2 Å². The highest BCUT2D eigenvalue weighted by Crippen LogP contribution is 2.19. The fourth-order valence-corrected chi connectivity index (χ4v) is 2.52. The second-order valence-electron chi connectivity index (χ2n) is 5.30. The topological polar surface area (TPSA) is 71.0 Å². The average molecular weight is 410 g/mol. The molecule has 1 heterocycles. The predicted octanol–water partition coefficient (Wildman–Crippen LogP) is 2.35. The lowest BCUT2D eigenvalue weighted by Gasteiger charge is -2.12. The van der Waals surface area contributed by atoms with Crippen molar-refractivity contribution in [2.75, 3.05) is 0 Å². The molecular weight excluding hydrogens is 390 g/mol. The summed E-state index contributed by atoms with van der Waals surface area (Å²) in [4.78, 5) is 11.9. The van der Waals surface area contributed by atoms with Crippen LogP contribution in [0.15, 0.2) is 34.8 Å². The maximum atomic E-state index is 11.9. The Balaban J connectivity index is 1.69. The van der Waals surface area contributed by atoms with Crippen molar-refractivity contribution in [2.45, 2.75) is 33.4 Å². The standard InChI is InChI=1S/C16H20BrN5OS/c1-11-15(17)12(2)22(21-11)9-8-14(23)19-20-16(24)18-10-13-6-4-3-5-7-13/h3-7H,8-10H2,1-2H3,(H,19,23)(H2,18,20,24). The molecule has 2 rings (SSSR count). The number of halogens is 1. The summed E-state index contributed by atoms with van der Waals surface area (Å²) in [5.74, 6) is -0.150. The summed E-state index contributed by atoms with van der Waals surface area (Å²) in [6, 6.07) is 9.89. The molecule has 128 valence electrons. The number of nitrogens with one attached hydrogen (secondary N) is 3. The zero-order valence-electron chi connectivity index (χ0n) is 13.6.